The molecule has 0 radical (unpaired) electrons. The van der Waals surface area contributed by atoms with E-state index >= 15 is 0 Å². The molecule has 0 N–H and O–H groups in total. The molecule has 0 aliphatic heterocycles. The maximum absolute atomic E-state index is 9.90. The number of fused-ring (bicyclic) bond motifs is 3. The van der Waals surface area contributed by atoms with E-state index in [1.54, 1.807) is 7.11 Å². The maximum atomic E-state index is 9.90. The summed E-state index contributed by atoms with van der Waals surface area (Å²) in [5, 5.41) is 12.3. The SMILES string of the molecule is COc1ccc(N(c2ccccc2)c2ccc(C=Cc3ccc4c(C)c(C#N)c5c(c4c3)C=CC(C)C5)cc2)cc1. The molecule has 0 saturated carbocycles. The molecular formula is C38H32N2O. The molecular weight excluding hydrogens is 500 g/mol. The van der Waals surface area contributed by atoms with Gasteiger partial charge in [-0.15, -0.1) is 0 Å². The Hall–Kier alpha value is -5.07. The van der Waals surface area contributed by atoms with Crippen molar-refractivity contribution in [3.8, 4) is 11.8 Å². The third-order valence-electron chi connectivity index (χ3n) is 7.93. The van der Waals surface area contributed by atoms with Crippen molar-refractivity contribution in [3.05, 3.63) is 137 Å². The van der Waals surface area contributed by atoms with Crippen LogP contribution in [0.3, 0.4) is 0 Å². The van der Waals surface area contributed by atoms with Crippen molar-refractivity contribution in [3.63, 3.8) is 0 Å². The van der Waals surface area contributed by atoms with E-state index in [9.17, 15) is 5.26 Å². The number of nitriles is 1. The summed E-state index contributed by atoms with van der Waals surface area (Å²) < 4.78 is 5.37. The average Bonchev–Trinajstić information content (AvgIpc) is 3.02. The van der Waals surface area contributed by atoms with Crippen LogP contribution in [0, 0.1) is 24.2 Å². The van der Waals surface area contributed by atoms with Gasteiger partial charge in [0.15, 0.2) is 0 Å². The first kappa shape index (κ1) is 26.2. The van der Waals surface area contributed by atoms with Crippen molar-refractivity contribution >= 4 is 46.1 Å². The number of rotatable bonds is 6. The Kier molecular flexibility index (Phi) is 7.15. The number of allylic oxidation sites excluding steroid dienone is 1. The molecule has 3 nitrogen and oxygen atoms in total. The minimum absolute atomic E-state index is 0.444. The van der Waals surface area contributed by atoms with Gasteiger partial charge in [-0.25, -0.2) is 0 Å². The van der Waals surface area contributed by atoms with Crippen LogP contribution in [0.15, 0.2) is 103 Å². The maximum Gasteiger partial charge on any atom is 0.119 e. The summed E-state index contributed by atoms with van der Waals surface area (Å²) >= 11 is 0. The van der Waals surface area contributed by atoms with Crippen LogP contribution in [0.1, 0.15) is 40.3 Å². The zero-order chi connectivity index (χ0) is 28.3. The topological polar surface area (TPSA) is 36.3 Å². The van der Waals surface area contributed by atoms with Crippen LogP contribution in [0.5, 0.6) is 5.75 Å². The molecule has 200 valence electrons. The zero-order valence-electron chi connectivity index (χ0n) is 23.6. The second kappa shape index (κ2) is 11.2. The fraction of sp³-hybridized carbons (Fsp3) is 0.132. The van der Waals surface area contributed by atoms with E-state index in [4.69, 9.17) is 4.74 Å². The van der Waals surface area contributed by atoms with E-state index in [1.807, 2.05) is 18.2 Å². The van der Waals surface area contributed by atoms with Gasteiger partial charge >= 0.3 is 0 Å². The van der Waals surface area contributed by atoms with Crippen LogP contribution >= 0.6 is 0 Å². The van der Waals surface area contributed by atoms with E-state index in [0.29, 0.717) is 5.92 Å². The van der Waals surface area contributed by atoms with Gasteiger partial charge in [0.25, 0.3) is 0 Å². The standard InChI is InChI=1S/C38H32N2O/c1-26-9-21-35-36(23-26)38(25-39)27(2)34-22-14-29(24-37(34)35)11-10-28-12-15-31(16-13-28)40(30-7-5-4-6-8-30)32-17-19-33(41-3)20-18-32/h4-22,24,26H,23H2,1-3H3. The molecule has 0 bridgehead atoms. The second-order valence-corrected chi connectivity index (χ2v) is 10.6. The molecule has 41 heavy (non-hydrogen) atoms. The minimum Gasteiger partial charge on any atom is -0.497 e. The van der Waals surface area contributed by atoms with Crippen molar-refractivity contribution < 1.29 is 4.74 Å². The van der Waals surface area contributed by atoms with Gasteiger partial charge in [-0.1, -0.05) is 73.7 Å². The van der Waals surface area contributed by atoms with Gasteiger partial charge in [-0.2, -0.15) is 5.26 Å². The normalized spacial score (nSPS) is 14.1. The number of hydrogen-bond acceptors (Lipinski definition) is 3. The smallest absolute Gasteiger partial charge is 0.119 e. The Morgan fingerprint density at radius 3 is 2.12 bits per heavy atom. The number of methoxy groups -OCH3 is 1. The molecule has 1 aliphatic rings. The molecule has 1 unspecified atom stereocenters. The highest BCUT2D eigenvalue weighted by atomic mass is 16.5. The fourth-order valence-electron chi connectivity index (χ4n) is 5.76. The van der Waals surface area contributed by atoms with Crippen LogP contribution in [0.2, 0.25) is 0 Å². The van der Waals surface area contributed by atoms with Gasteiger partial charge in [0.2, 0.25) is 0 Å². The van der Waals surface area contributed by atoms with Gasteiger partial charge in [0.05, 0.1) is 18.7 Å². The van der Waals surface area contributed by atoms with Crippen LogP contribution in [0.25, 0.3) is 29.0 Å². The highest BCUT2D eigenvalue weighted by molar-refractivity contribution is 5.98. The molecule has 0 aromatic heterocycles. The molecule has 1 atom stereocenters. The van der Waals surface area contributed by atoms with Crippen LogP contribution < -0.4 is 9.64 Å². The molecule has 0 spiro atoms. The monoisotopic (exact) mass is 532 g/mol. The summed E-state index contributed by atoms with van der Waals surface area (Å²) in [7, 11) is 1.69. The van der Waals surface area contributed by atoms with Gasteiger partial charge in [-0.3, -0.25) is 0 Å². The Bertz CT molecular complexity index is 1810. The van der Waals surface area contributed by atoms with Crippen molar-refractivity contribution in [2.45, 2.75) is 20.3 Å². The van der Waals surface area contributed by atoms with E-state index in [1.165, 1.54) is 16.5 Å². The number of benzene rings is 5. The number of aryl methyl sites for hydroxylation is 1. The summed E-state index contributed by atoms with van der Waals surface area (Å²) in [6, 6.07) is 36.2. The number of ether oxygens (including phenoxy) is 1. The average molecular weight is 533 g/mol. The van der Waals surface area contributed by atoms with Crippen LogP contribution in [-0.4, -0.2) is 7.11 Å². The minimum atomic E-state index is 0.444. The first-order chi connectivity index (χ1) is 20.1. The molecule has 0 saturated heterocycles. The molecule has 5 aromatic rings. The summed E-state index contributed by atoms with van der Waals surface area (Å²) in [5.74, 6) is 1.28. The van der Waals surface area contributed by atoms with Gasteiger partial charge in [0, 0.05) is 17.1 Å². The summed E-state index contributed by atoms with van der Waals surface area (Å²) in [6.45, 7) is 4.28. The third-order valence-corrected chi connectivity index (χ3v) is 7.93. The van der Waals surface area contributed by atoms with E-state index in [2.05, 4.69) is 128 Å². The van der Waals surface area contributed by atoms with Crippen LogP contribution in [0.4, 0.5) is 17.1 Å². The van der Waals surface area contributed by atoms with Crippen LogP contribution in [-0.2, 0) is 6.42 Å². The van der Waals surface area contributed by atoms with Gasteiger partial charge in [-0.05, 0) is 112 Å². The summed E-state index contributed by atoms with van der Waals surface area (Å²) in [4.78, 5) is 2.24. The molecule has 0 amide bonds. The lowest BCUT2D eigenvalue weighted by atomic mass is 9.82. The van der Waals surface area contributed by atoms with Crippen molar-refractivity contribution in [1.82, 2.24) is 0 Å². The predicted octanol–water partition coefficient (Wildman–Crippen LogP) is 9.87. The zero-order valence-corrected chi connectivity index (χ0v) is 23.6. The van der Waals surface area contributed by atoms with E-state index < -0.39 is 0 Å². The fourth-order valence-corrected chi connectivity index (χ4v) is 5.76. The number of nitrogens with zero attached hydrogens (tertiary/aromatic N) is 2. The molecule has 1 aliphatic carbocycles. The Balaban J connectivity index is 1.32. The van der Waals surface area contributed by atoms with E-state index in [-0.39, 0.29) is 0 Å². The summed E-state index contributed by atoms with van der Waals surface area (Å²) in [6.07, 6.45) is 9.70. The highest BCUT2D eigenvalue weighted by Crippen LogP contribution is 2.37. The lowest BCUT2D eigenvalue weighted by Crippen LogP contribution is -2.09. The molecule has 6 rings (SSSR count). The van der Waals surface area contributed by atoms with Crippen molar-refractivity contribution in [2.24, 2.45) is 5.92 Å². The number of hydrogen-bond donors (Lipinski definition) is 0. The lowest BCUT2D eigenvalue weighted by molar-refractivity contribution is 0.415. The Labute approximate surface area is 242 Å². The van der Waals surface area contributed by atoms with Gasteiger partial charge in [0.1, 0.15) is 5.75 Å². The first-order valence-electron chi connectivity index (χ1n) is 14.0. The number of anilines is 3. The predicted molar refractivity (Wildman–Crippen MR) is 172 cm³/mol. The second-order valence-electron chi connectivity index (χ2n) is 10.6. The molecule has 0 heterocycles. The van der Waals surface area contributed by atoms with Crippen molar-refractivity contribution in [2.75, 3.05) is 12.0 Å². The van der Waals surface area contributed by atoms with Crippen molar-refractivity contribution in [1.29, 1.82) is 5.26 Å². The van der Waals surface area contributed by atoms with E-state index in [0.717, 1.165) is 56.9 Å². The highest BCUT2D eigenvalue weighted by Gasteiger charge is 2.20. The first-order valence-corrected chi connectivity index (χ1v) is 14.0. The largest absolute Gasteiger partial charge is 0.497 e. The summed E-state index contributed by atoms with van der Waals surface area (Å²) in [5.41, 5.74) is 9.81. The molecule has 3 heteroatoms. The third kappa shape index (κ3) is 5.13. The Morgan fingerprint density at radius 2 is 1.44 bits per heavy atom. The quantitative estimate of drug-likeness (QED) is 0.204. The van der Waals surface area contributed by atoms with Gasteiger partial charge < -0.3 is 9.64 Å². The number of para-hydroxylation sites is 1. The Morgan fingerprint density at radius 1 is 0.805 bits per heavy atom. The lowest BCUT2D eigenvalue weighted by Gasteiger charge is -2.25. The molecule has 0 fully saturated rings. The molecule has 5 aromatic carbocycles.